The molecule has 0 aliphatic heterocycles. The van der Waals surface area contributed by atoms with Crippen LogP contribution in [0.3, 0.4) is 0 Å². The highest BCUT2D eigenvalue weighted by Gasteiger charge is 2.52. The number of carbonyl (C=O) groups excluding carboxylic acids is 1. The molecule has 176 valence electrons. The molecule has 9 heteroatoms. The van der Waals surface area contributed by atoms with Crippen LogP contribution >= 0.6 is 0 Å². The van der Waals surface area contributed by atoms with E-state index < -0.39 is 23.4 Å². The number of nitriles is 1. The third-order valence-corrected chi connectivity index (χ3v) is 7.86. The molecule has 33 heavy (non-hydrogen) atoms. The van der Waals surface area contributed by atoms with Crippen molar-refractivity contribution >= 4 is 11.6 Å². The summed E-state index contributed by atoms with van der Waals surface area (Å²) in [4.78, 5) is 17.4. The van der Waals surface area contributed by atoms with E-state index in [1.165, 1.54) is 0 Å². The molecule has 1 amide bonds. The van der Waals surface area contributed by atoms with Crippen molar-refractivity contribution in [2.75, 3.05) is 0 Å². The summed E-state index contributed by atoms with van der Waals surface area (Å²) < 4.78 is 28.7. The zero-order valence-corrected chi connectivity index (χ0v) is 18.9. The summed E-state index contributed by atoms with van der Waals surface area (Å²) in [7, 11) is 0. The van der Waals surface area contributed by atoms with Gasteiger partial charge in [0.2, 0.25) is 11.8 Å². The number of carbonyl (C=O) groups is 1. The molecule has 7 nitrogen and oxygen atoms in total. The average Bonchev–Trinajstić information content (AvgIpc) is 3.68. The Balaban J connectivity index is 1.37. The Hall–Kier alpha value is -2.60. The van der Waals surface area contributed by atoms with E-state index >= 15 is 0 Å². The molecule has 3 aliphatic rings. The van der Waals surface area contributed by atoms with Gasteiger partial charge in [-0.05, 0) is 61.5 Å². The third-order valence-electron chi connectivity index (χ3n) is 7.86. The molecule has 2 heterocycles. The number of amides is 1. The molecule has 0 bridgehead atoms. The molecule has 0 radical (unpaired) electrons. The molecule has 3 saturated carbocycles. The second-order valence-corrected chi connectivity index (χ2v) is 10.7. The molecular formula is C24H30F2N6O. The zero-order chi connectivity index (χ0) is 23.4. The number of nitrogens with one attached hydrogen (secondary N) is 1. The number of nitrogens with zero attached hydrogens (tertiary/aromatic N) is 4. The number of fused-ring (bicyclic) bond motifs is 1. The number of nitrogens with two attached hydrogens (primary N) is 1. The van der Waals surface area contributed by atoms with E-state index in [2.05, 4.69) is 28.4 Å². The Morgan fingerprint density at radius 3 is 2.61 bits per heavy atom. The third kappa shape index (κ3) is 4.45. The quantitative estimate of drug-likeness (QED) is 0.649. The van der Waals surface area contributed by atoms with Crippen molar-refractivity contribution in [3.8, 4) is 6.07 Å². The predicted octanol–water partition coefficient (Wildman–Crippen LogP) is 4.21. The smallest absolute Gasteiger partial charge is 0.248 e. The summed E-state index contributed by atoms with van der Waals surface area (Å²) in [6, 6.07) is 3.38. The van der Waals surface area contributed by atoms with E-state index in [-0.39, 0.29) is 30.1 Å². The minimum atomic E-state index is -2.60. The summed E-state index contributed by atoms with van der Waals surface area (Å²) in [5, 5.41) is 17.4. The second kappa shape index (κ2) is 7.73. The fourth-order valence-corrected chi connectivity index (χ4v) is 5.02. The highest BCUT2D eigenvalue weighted by Crippen LogP contribution is 2.55. The van der Waals surface area contributed by atoms with Crippen molar-refractivity contribution in [3.05, 3.63) is 29.7 Å². The fourth-order valence-electron chi connectivity index (χ4n) is 5.02. The monoisotopic (exact) mass is 456 g/mol. The van der Waals surface area contributed by atoms with E-state index in [0.29, 0.717) is 30.6 Å². The number of aromatic nitrogens is 3. The Labute approximate surface area is 191 Å². The van der Waals surface area contributed by atoms with Crippen molar-refractivity contribution in [2.24, 2.45) is 22.5 Å². The molecule has 5 rings (SSSR count). The Bertz CT molecular complexity index is 1100. The Kier molecular flexibility index (Phi) is 5.20. The molecule has 3 N–H and O–H groups in total. The predicted molar refractivity (Wildman–Crippen MR) is 117 cm³/mol. The van der Waals surface area contributed by atoms with Crippen molar-refractivity contribution in [3.63, 3.8) is 0 Å². The lowest BCUT2D eigenvalue weighted by Gasteiger charge is -2.31. The first-order valence-electron chi connectivity index (χ1n) is 11.8. The number of halogens is 2. The molecule has 0 unspecified atom stereocenters. The number of alkyl halides is 2. The maximum atomic E-state index is 13.5. The van der Waals surface area contributed by atoms with E-state index in [4.69, 9.17) is 5.73 Å². The summed E-state index contributed by atoms with van der Waals surface area (Å²) in [6.45, 7) is 2.11. The molecule has 0 spiro atoms. The summed E-state index contributed by atoms with van der Waals surface area (Å²) in [5.41, 5.74) is 7.81. The molecule has 2 aromatic rings. The van der Waals surface area contributed by atoms with Gasteiger partial charge in [0, 0.05) is 19.3 Å². The van der Waals surface area contributed by atoms with Gasteiger partial charge in [-0.1, -0.05) is 6.92 Å². The van der Waals surface area contributed by atoms with E-state index in [1.54, 1.807) is 16.9 Å². The van der Waals surface area contributed by atoms with E-state index in [1.807, 2.05) is 6.07 Å². The standard InChI is InChI=1S/C24H30F2N6O/c1-22(6-7-22)11-19(33)31-21(23(14-27)8-9-23)16-10-18-30-17(13-32(18)29-12-16)20(28)15-2-4-24(25,26)5-3-15/h10,12-13,15,20-21H,2-9,11,28H2,1H3,(H,31,33)/t20-,21+/m0/s1. The summed E-state index contributed by atoms with van der Waals surface area (Å²) in [6.07, 6.45) is 7.91. The summed E-state index contributed by atoms with van der Waals surface area (Å²) >= 11 is 0. The van der Waals surface area contributed by atoms with Crippen molar-refractivity contribution in [2.45, 2.75) is 82.7 Å². The largest absolute Gasteiger partial charge is 0.348 e. The van der Waals surface area contributed by atoms with Crippen molar-refractivity contribution in [1.82, 2.24) is 19.9 Å². The van der Waals surface area contributed by atoms with Crippen LogP contribution in [-0.4, -0.2) is 26.4 Å². The second-order valence-electron chi connectivity index (χ2n) is 10.7. The fraction of sp³-hybridized carbons (Fsp3) is 0.667. The van der Waals surface area contributed by atoms with Gasteiger partial charge in [-0.15, -0.1) is 0 Å². The lowest BCUT2D eigenvalue weighted by Crippen LogP contribution is -2.35. The van der Waals surface area contributed by atoms with Crippen LogP contribution in [0.5, 0.6) is 0 Å². The van der Waals surface area contributed by atoms with Gasteiger partial charge in [-0.25, -0.2) is 18.3 Å². The lowest BCUT2D eigenvalue weighted by molar-refractivity contribution is -0.123. The van der Waals surface area contributed by atoms with Crippen LogP contribution in [0, 0.1) is 28.1 Å². The van der Waals surface area contributed by atoms with Crippen molar-refractivity contribution < 1.29 is 13.6 Å². The van der Waals surface area contributed by atoms with Gasteiger partial charge in [0.15, 0.2) is 5.65 Å². The number of rotatable bonds is 7. The van der Waals surface area contributed by atoms with Crippen LogP contribution in [0.2, 0.25) is 0 Å². The van der Waals surface area contributed by atoms with Crippen LogP contribution in [0.25, 0.3) is 5.65 Å². The molecule has 3 aliphatic carbocycles. The van der Waals surface area contributed by atoms with Gasteiger partial charge in [0.1, 0.15) is 0 Å². The maximum Gasteiger partial charge on any atom is 0.248 e. The molecule has 2 aromatic heterocycles. The highest BCUT2D eigenvalue weighted by atomic mass is 19.3. The van der Waals surface area contributed by atoms with Gasteiger partial charge in [-0.3, -0.25) is 4.79 Å². The number of hydrogen-bond acceptors (Lipinski definition) is 5. The number of imidazole rings is 1. The van der Waals surface area contributed by atoms with Crippen LogP contribution < -0.4 is 11.1 Å². The summed E-state index contributed by atoms with van der Waals surface area (Å²) in [5.74, 6) is -2.68. The minimum Gasteiger partial charge on any atom is -0.348 e. The zero-order valence-electron chi connectivity index (χ0n) is 18.9. The average molecular weight is 457 g/mol. The highest BCUT2D eigenvalue weighted by molar-refractivity contribution is 5.78. The number of hydrogen-bond donors (Lipinski definition) is 2. The molecule has 2 atom stereocenters. The topological polar surface area (TPSA) is 109 Å². The molecular weight excluding hydrogens is 426 g/mol. The van der Waals surface area contributed by atoms with Gasteiger partial charge >= 0.3 is 0 Å². The van der Waals surface area contributed by atoms with Gasteiger partial charge < -0.3 is 11.1 Å². The minimum absolute atomic E-state index is 0.0402. The molecule has 3 fully saturated rings. The first-order valence-corrected chi connectivity index (χ1v) is 11.8. The molecule has 0 saturated heterocycles. The first kappa shape index (κ1) is 22.2. The molecule has 0 aromatic carbocycles. The van der Waals surface area contributed by atoms with Gasteiger partial charge in [0.25, 0.3) is 0 Å². The maximum absolute atomic E-state index is 13.5. The SMILES string of the molecule is CC1(CC(=O)N[C@H](c2cnn3cc([C@@H](N)C4CCC(F)(F)CC4)nc3c2)C2(C#N)CC2)CC1. The van der Waals surface area contributed by atoms with Crippen LogP contribution in [0.15, 0.2) is 18.5 Å². The Morgan fingerprint density at radius 2 is 2.00 bits per heavy atom. The van der Waals surface area contributed by atoms with E-state index in [9.17, 15) is 18.8 Å². The van der Waals surface area contributed by atoms with Gasteiger partial charge in [0.05, 0.1) is 41.7 Å². The van der Waals surface area contributed by atoms with Gasteiger partial charge in [-0.2, -0.15) is 10.4 Å². The van der Waals surface area contributed by atoms with E-state index in [0.717, 1.165) is 31.2 Å². The first-order chi connectivity index (χ1) is 15.6. The normalized spacial score (nSPS) is 24.6. The van der Waals surface area contributed by atoms with Crippen LogP contribution in [-0.2, 0) is 4.79 Å². The van der Waals surface area contributed by atoms with Crippen LogP contribution in [0.4, 0.5) is 8.78 Å². The lowest BCUT2D eigenvalue weighted by atomic mass is 9.81. The Morgan fingerprint density at radius 1 is 1.30 bits per heavy atom. The van der Waals surface area contributed by atoms with Crippen molar-refractivity contribution in [1.29, 1.82) is 5.26 Å². The van der Waals surface area contributed by atoms with Crippen LogP contribution in [0.1, 0.15) is 88.1 Å².